The molecule has 4 aliphatic rings. The minimum Gasteiger partial charge on any atom is -0.390 e. The number of aliphatic hydroxyl groups excluding tert-OH is 1. The summed E-state index contributed by atoms with van der Waals surface area (Å²) in [7, 11) is -4.12. The Morgan fingerprint density at radius 3 is 1.89 bits per heavy atom. The van der Waals surface area contributed by atoms with Gasteiger partial charge in [0.25, 0.3) is 0 Å². The van der Waals surface area contributed by atoms with Gasteiger partial charge in [0.05, 0.1) is 6.10 Å². The van der Waals surface area contributed by atoms with Crippen molar-refractivity contribution in [3.8, 4) is 0 Å². The van der Waals surface area contributed by atoms with Crippen LogP contribution in [0.5, 0.6) is 0 Å². The molecule has 38 heavy (non-hydrogen) atoms. The van der Waals surface area contributed by atoms with Crippen molar-refractivity contribution in [2.45, 2.75) is 149 Å². The van der Waals surface area contributed by atoms with Gasteiger partial charge in [0.1, 0.15) is 0 Å². The fourth-order valence-corrected chi connectivity index (χ4v) is 10.6. The van der Waals surface area contributed by atoms with Crippen LogP contribution in [0.25, 0.3) is 0 Å². The highest BCUT2D eigenvalue weighted by Gasteiger charge is 2.59. The topological polar surface area (TPSA) is 38.7 Å². The van der Waals surface area contributed by atoms with Crippen molar-refractivity contribution >= 4 is 16.6 Å². The number of allylic oxidation sites excluding steroid dienone is 4. The summed E-state index contributed by atoms with van der Waals surface area (Å²) < 4.78 is 14.7. The molecular formula is C33H58O3Si2. The minimum atomic E-state index is -2.06. The van der Waals surface area contributed by atoms with Crippen LogP contribution < -0.4 is 0 Å². The zero-order valence-electron chi connectivity index (χ0n) is 27.0. The standard InChI is InChI=1S/C33H58O3Si2/c1-23(34)26-16-17-27-25-15-14-24-22-33(35-37(10,11)29(2,3)4,36-38(12,13)30(5,6)7)21-20-31(24,8)28(25)18-19-32(26,27)9/h14-16,23,27-28,34H,17-22H2,1-13H3/t23-,27+,28+,31+,32-/m1/s1. The average molecular weight is 559 g/mol. The van der Waals surface area contributed by atoms with Crippen LogP contribution in [0.3, 0.4) is 0 Å². The van der Waals surface area contributed by atoms with Gasteiger partial charge in [0.15, 0.2) is 22.4 Å². The largest absolute Gasteiger partial charge is 0.390 e. The van der Waals surface area contributed by atoms with Gasteiger partial charge >= 0.3 is 0 Å². The third-order valence-electron chi connectivity index (χ3n) is 12.2. The summed E-state index contributed by atoms with van der Waals surface area (Å²) >= 11 is 0. The quantitative estimate of drug-likeness (QED) is 0.207. The van der Waals surface area contributed by atoms with Gasteiger partial charge in [-0.05, 0) is 97.1 Å². The van der Waals surface area contributed by atoms with E-state index in [4.69, 9.17) is 8.85 Å². The molecule has 4 aliphatic carbocycles. The lowest BCUT2D eigenvalue weighted by Gasteiger charge is -2.59. The molecule has 0 aromatic heterocycles. The maximum atomic E-state index is 10.5. The fourth-order valence-electron chi connectivity index (χ4n) is 7.65. The second-order valence-corrected chi connectivity index (χ2v) is 26.2. The molecule has 5 heteroatoms. The zero-order valence-corrected chi connectivity index (χ0v) is 29.0. The fraction of sp³-hybridized carbons (Fsp3) is 0.818. The van der Waals surface area contributed by atoms with Gasteiger partial charge in [-0.2, -0.15) is 0 Å². The molecule has 3 nitrogen and oxygen atoms in total. The number of fused-ring (bicyclic) bond motifs is 5. The van der Waals surface area contributed by atoms with Crippen molar-refractivity contribution < 1.29 is 14.0 Å². The summed E-state index contributed by atoms with van der Waals surface area (Å²) in [4.78, 5) is 0. The minimum absolute atomic E-state index is 0.105. The maximum Gasteiger partial charge on any atom is 0.195 e. The van der Waals surface area contributed by atoms with E-state index in [0.717, 1.165) is 25.7 Å². The Kier molecular flexibility index (Phi) is 7.44. The van der Waals surface area contributed by atoms with Gasteiger partial charge in [-0.1, -0.05) is 84.8 Å². The maximum absolute atomic E-state index is 10.5. The first-order valence-corrected chi connectivity index (χ1v) is 21.1. The number of aliphatic hydroxyl groups is 1. The molecular weight excluding hydrogens is 501 g/mol. The lowest BCUT2D eigenvalue weighted by Crippen LogP contribution is -2.60. The summed E-state index contributed by atoms with van der Waals surface area (Å²) in [5.41, 5.74) is 4.72. The van der Waals surface area contributed by atoms with Crippen molar-refractivity contribution in [1.29, 1.82) is 0 Å². The Bertz CT molecular complexity index is 1010. The van der Waals surface area contributed by atoms with Gasteiger partial charge in [0.2, 0.25) is 0 Å². The second kappa shape index (κ2) is 9.27. The number of rotatable bonds is 5. The van der Waals surface area contributed by atoms with Crippen molar-refractivity contribution in [3.63, 3.8) is 0 Å². The average Bonchev–Trinajstić information content (AvgIpc) is 3.09. The van der Waals surface area contributed by atoms with Gasteiger partial charge < -0.3 is 14.0 Å². The van der Waals surface area contributed by atoms with E-state index in [-0.39, 0.29) is 27.0 Å². The number of hydrogen-bond donors (Lipinski definition) is 1. The zero-order chi connectivity index (χ0) is 28.7. The van der Waals surface area contributed by atoms with E-state index in [9.17, 15) is 5.11 Å². The first kappa shape index (κ1) is 30.5. The van der Waals surface area contributed by atoms with Crippen molar-refractivity contribution in [2.75, 3.05) is 0 Å². The van der Waals surface area contributed by atoms with Crippen molar-refractivity contribution in [1.82, 2.24) is 0 Å². The normalized spacial score (nSPS) is 34.4. The van der Waals surface area contributed by atoms with E-state index < -0.39 is 22.4 Å². The molecule has 0 bridgehead atoms. The molecule has 2 saturated carbocycles. The highest BCUT2D eigenvalue weighted by Crippen LogP contribution is 2.65. The second-order valence-electron chi connectivity index (χ2n) is 16.7. The first-order chi connectivity index (χ1) is 17.1. The van der Waals surface area contributed by atoms with E-state index in [2.05, 4.69) is 99.8 Å². The van der Waals surface area contributed by atoms with Crippen LogP contribution in [0, 0.1) is 22.7 Å². The van der Waals surface area contributed by atoms with Crippen LogP contribution in [0.15, 0.2) is 34.9 Å². The van der Waals surface area contributed by atoms with Gasteiger partial charge in [-0.3, -0.25) is 0 Å². The summed E-state index contributed by atoms with van der Waals surface area (Å²) in [6, 6.07) is 0. The van der Waals surface area contributed by atoms with Crippen molar-refractivity contribution in [2.24, 2.45) is 22.7 Å². The molecule has 0 aromatic carbocycles. The monoisotopic (exact) mass is 558 g/mol. The summed E-state index contributed by atoms with van der Waals surface area (Å²) in [5.74, 6) is 0.584. The molecule has 2 fully saturated rings. The van der Waals surface area contributed by atoms with Crippen LogP contribution in [0.2, 0.25) is 36.3 Å². The third kappa shape index (κ3) is 4.84. The van der Waals surface area contributed by atoms with Gasteiger partial charge in [-0.15, -0.1) is 0 Å². The Morgan fingerprint density at radius 2 is 1.39 bits per heavy atom. The smallest absolute Gasteiger partial charge is 0.195 e. The van der Waals surface area contributed by atoms with Crippen LogP contribution >= 0.6 is 0 Å². The first-order valence-electron chi connectivity index (χ1n) is 15.3. The van der Waals surface area contributed by atoms with E-state index >= 15 is 0 Å². The van der Waals surface area contributed by atoms with E-state index in [1.807, 2.05) is 6.92 Å². The number of hydrogen-bond acceptors (Lipinski definition) is 3. The summed E-state index contributed by atoms with van der Waals surface area (Å²) in [5, 5.41) is 10.8. The predicted octanol–water partition coefficient (Wildman–Crippen LogP) is 9.53. The Labute approximate surface area is 236 Å². The highest BCUT2D eigenvalue weighted by atomic mass is 28.4. The SMILES string of the molecule is C[C@@H](O)C1=CC[C@H]2C3=CC=C4CC(O[Si](C)(C)C(C)(C)C)(O[Si](C)(C)C(C)(C)C)CC[C@]4(C)[C@H]3CC[C@]12C. The van der Waals surface area contributed by atoms with Gasteiger partial charge in [-0.25, -0.2) is 0 Å². The summed E-state index contributed by atoms with van der Waals surface area (Å²) in [6.45, 7) is 30.5. The molecule has 4 rings (SSSR count). The lowest BCUT2D eigenvalue weighted by molar-refractivity contribution is -0.159. The van der Waals surface area contributed by atoms with E-state index in [0.29, 0.717) is 11.8 Å². The van der Waals surface area contributed by atoms with Crippen LogP contribution in [0.1, 0.15) is 101 Å². The molecule has 216 valence electrons. The molecule has 0 aliphatic heterocycles. The molecule has 5 atom stereocenters. The molecule has 1 N–H and O–H groups in total. The molecule has 0 spiro atoms. The molecule has 0 unspecified atom stereocenters. The summed E-state index contributed by atoms with van der Waals surface area (Å²) in [6.07, 6.45) is 13.4. The molecule has 0 heterocycles. The van der Waals surface area contributed by atoms with Crippen molar-refractivity contribution in [3.05, 3.63) is 34.9 Å². The van der Waals surface area contributed by atoms with Crippen LogP contribution in [-0.4, -0.2) is 33.6 Å². The highest BCUT2D eigenvalue weighted by molar-refractivity contribution is 6.75. The molecule has 0 aromatic rings. The third-order valence-corrected chi connectivity index (χ3v) is 21.2. The Morgan fingerprint density at radius 1 is 0.842 bits per heavy atom. The molecule has 0 amide bonds. The van der Waals surface area contributed by atoms with E-state index in [1.165, 1.54) is 18.4 Å². The van der Waals surface area contributed by atoms with Crippen LogP contribution in [-0.2, 0) is 8.85 Å². The van der Waals surface area contributed by atoms with Crippen LogP contribution in [0.4, 0.5) is 0 Å². The lowest BCUT2D eigenvalue weighted by atomic mass is 9.50. The molecule has 0 radical (unpaired) electrons. The Balaban J connectivity index is 1.72. The predicted molar refractivity (Wildman–Crippen MR) is 166 cm³/mol. The van der Waals surface area contributed by atoms with Gasteiger partial charge in [0, 0.05) is 12.8 Å². The Hall–Kier alpha value is -0.466. The molecule has 0 saturated heterocycles. The van der Waals surface area contributed by atoms with E-state index in [1.54, 1.807) is 11.1 Å².